The molecule has 1 amide bonds. The average Bonchev–Trinajstić information content (AvgIpc) is 3.34. The number of fused-ring (bicyclic) bond motifs is 2. The van der Waals surface area contributed by atoms with E-state index in [-0.39, 0.29) is 11.9 Å². The van der Waals surface area contributed by atoms with Crippen LogP contribution in [-0.4, -0.2) is 47.3 Å². The Morgan fingerprint density at radius 2 is 2.04 bits per heavy atom. The third-order valence-corrected chi connectivity index (χ3v) is 5.19. The third kappa shape index (κ3) is 2.83. The van der Waals surface area contributed by atoms with Gasteiger partial charge in [-0.3, -0.25) is 9.89 Å². The topological polar surface area (TPSA) is 92.6 Å². The molecule has 1 aromatic carbocycles. The van der Waals surface area contributed by atoms with Gasteiger partial charge in [0.2, 0.25) is 0 Å². The number of benzene rings is 1. The van der Waals surface area contributed by atoms with E-state index in [2.05, 4.69) is 42.1 Å². The lowest BCUT2D eigenvalue weighted by atomic mass is 10.0. The van der Waals surface area contributed by atoms with Gasteiger partial charge in [0, 0.05) is 11.9 Å². The number of amides is 1. The smallest absolute Gasteiger partial charge is 0.273 e. The molecule has 4 heterocycles. The minimum Gasteiger partial charge on any atom is -0.328 e. The van der Waals surface area contributed by atoms with Crippen LogP contribution < -0.4 is 0 Å². The summed E-state index contributed by atoms with van der Waals surface area (Å²) in [6.07, 6.45) is 2.50. The van der Waals surface area contributed by atoms with E-state index in [9.17, 15) is 4.79 Å². The second kappa shape index (κ2) is 6.56. The lowest BCUT2D eigenvalue weighted by Gasteiger charge is -2.34. The first-order chi connectivity index (χ1) is 13.7. The van der Waals surface area contributed by atoms with Crippen molar-refractivity contribution in [2.24, 2.45) is 0 Å². The van der Waals surface area contributed by atoms with Gasteiger partial charge in [0.15, 0.2) is 11.5 Å². The van der Waals surface area contributed by atoms with E-state index in [1.54, 1.807) is 12.3 Å². The summed E-state index contributed by atoms with van der Waals surface area (Å²) in [6, 6.07) is 14.0. The summed E-state index contributed by atoms with van der Waals surface area (Å²) in [5.74, 6) is 1.57. The Hall–Kier alpha value is -3.55. The molecule has 28 heavy (non-hydrogen) atoms. The van der Waals surface area contributed by atoms with Crippen LogP contribution in [0.1, 0.15) is 33.7 Å². The molecular formula is C20H19N7O. The number of rotatable bonds is 3. The molecule has 1 aliphatic rings. The van der Waals surface area contributed by atoms with Crippen LogP contribution in [0.15, 0.2) is 48.7 Å². The summed E-state index contributed by atoms with van der Waals surface area (Å²) < 4.78 is 2.16. The molecule has 0 saturated heterocycles. The Balaban J connectivity index is 1.46. The number of aromatic nitrogens is 6. The third-order valence-electron chi connectivity index (χ3n) is 5.19. The van der Waals surface area contributed by atoms with Crippen molar-refractivity contribution in [3.63, 3.8) is 0 Å². The molecule has 0 spiro atoms. The highest BCUT2D eigenvalue weighted by molar-refractivity contribution is 5.94. The minimum absolute atomic E-state index is 0.0842. The van der Waals surface area contributed by atoms with Crippen molar-refractivity contribution in [3.8, 4) is 0 Å². The molecule has 0 fully saturated rings. The molecule has 0 bridgehead atoms. The van der Waals surface area contributed by atoms with Crippen molar-refractivity contribution in [2.45, 2.75) is 25.9 Å². The molecule has 0 saturated carbocycles. The number of aryl methyl sites for hydroxylation is 1. The maximum Gasteiger partial charge on any atom is 0.273 e. The average molecular weight is 373 g/mol. The second-order valence-electron chi connectivity index (χ2n) is 7.07. The number of nitrogens with zero attached hydrogens (tertiary/aromatic N) is 6. The monoisotopic (exact) mass is 373 g/mol. The van der Waals surface area contributed by atoms with Crippen molar-refractivity contribution in [1.82, 2.24) is 34.8 Å². The van der Waals surface area contributed by atoms with Crippen LogP contribution in [0.5, 0.6) is 0 Å². The summed E-state index contributed by atoms with van der Waals surface area (Å²) in [4.78, 5) is 19.4. The molecule has 4 aromatic rings. The molecular weight excluding hydrogens is 354 g/mol. The van der Waals surface area contributed by atoms with Gasteiger partial charge in [0.05, 0.1) is 18.8 Å². The van der Waals surface area contributed by atoms with Crippen molar-refractivity contribution in [1.29, 1.82) is 0 Å². The molecule has 8 heteroatoms. The summed E-state index contributed by atoms with van der Waals surface area (Å²) in [5, 5.41) is 16.2. The number of aromatic amines is 1. The first-order valence-electron chi connectivity index (χ1n) is 9.23. The largest absolute Gasteiger partial charge is 0.328 e. The molecule has 8 nitrogen and oxygen atoms in total. The normalized spacial score (nSPS) is 16.3. The Bertz CT molecular complexity index is 1150. The SMILES string of the molecule is Cc1nnc2n1[C@H](Cc1ccccc1)CN(C(=O)c1ccc3cn[nH]c3n1)C2. The van der Waals surface area contributed by atoms with Crippen LogP contribution in [0.4, 0.5) is 0 Å². The van der Waals surface area contributed by atoms with Gasteiger partial charge in [-0.15, -0.1) is 10.2 Å². The van der Waals surface area contributed by atoms with E-state index in [1.165, 1.54) is 5.56 Å². The molecule has 0 unspecified atom stereocenters. The van der Waals surface area contributed by atoms with Gasteiger partial charge >= 0.3 is 0 Å². The highest BCUT2D eigenvalue weighted by Gasteiger charge is 2.31. The maximum atomic E-state index is 13.2. The first kappa shape index (κ1) is 16.6. The Morgan fingerprint density at radius 1 is 1.18 bits per heavy atom. The zero-order valence-electron chi connectivity index (χ0n) is 15.4. The standard InChI is InChI=1S/C20H19N7O/c1-13-23-24-18-12-26(11-16(27(13)18)9-14-5-3-2-4-6-14)20(28)17-8-7-15-10-21-25-19(15)22-17/h2-8,10,16H,9,11-12H2,1H3,(H,21,22,25)/t16-/m1/s1. The van der Waals surface area contributed by atoms with E-state index >= 15 is 0 Å². The van der Waals surface area contributed by atoms with Crippen LogP contribution in [0, 0.1) is 6.92 Å². The highest BCUT2D eigenvalue weighted by Crippen LogP contribution is 2.26. The van der Waals surface area contributed by atoms with E-state index in [0.717, 1.165) is 23.5 Å². The van der Waals surface area contributed by atoms with Crippen molar-refractivity contribution < 1.29 is 4.79 Å². The van der Waals surface area contributed by atoms with Gasteiger partial charge in [-0.25, -0.2) is 4.98 Å². The van der Waals surface area contributed by atoms with E-state index < -0.39 is 0 Å². The maximum absolute atomic E-state index is 13.2. The number of pyridine rings is 1. The molecule has 0 radical (unpaired) electrons. The molecule has 0 aliphatic carbocycles. The van der Waals surface area contributed by atoms with Crippen LogP contribution >= 0.6 is 0 Å². The fourth-order valence-electron chi connectivity index (χ4n) is 3.87. The van der Waals surface area contributed by atoms with Gasteiger partial charge in [-0.1, -0.05) is 30.3 Å². The quantitative estimate of drug-likeness (QED) is 0.595. The number of carbonyl (C=O) groups is 1. The predicted molar refractivity (Wildman–Crippen MR) is 103 cm³/mol. The number of hydrogen-bond acceptors (Lipinski definition) is 5. The zero-order valence-corrected chi connectivity index (χ0v) is 15.4. The number of H-pyrrole nitrogens is 1. The van der Waals surface area contributed by atoms with Gasteiger partial charge in [-0.2, -0.15) is 5.10 Å². The van der Waals surface area contributed by atoms with Crippen LogP contribution in [0.3, 0.4) is 0 Å². The summed E-state index contributed by atoms with van der Waals surface area (Å²) in [7, 11) is 0. The van der Waals surface area contributed by atoms with Crippen molar-refractivity contribution >= 4 is 16.9 Å². The molecule has 3 aromatic heterocycles. The lowest BCUT2D eigenvalue weighted by Crippen LogP contribution is -2.42. The van der Waals surface area contributed by atoms with E-state index in [1.807, 2.05) is 36.1 Å². The second-order valence-corrected chi connectivity index (χ2v) is 7.07. The van der Waals surface area contributed by atoms with Gasteiger partial charge < -0.3 is 9.47 Å². The fourth-order valence-corrected chi connectivity index (χ4v) is 3.87. The van der Waals surface area contributed by atoms with Crippen molar-refractivity contribution in [3.05, 3.63) is 71.6 Å². The van der Waals surface area contributed by atoms with Gasteiger partial charge in [0.1, 0.15) is 11.5 Å². The molecule has 5 rings (SSSR count). The molecule has 1 N–H and O–H groups in total. The fraction of sp³-hybridized carbons (Fsp3) is 0.250. The van der Waals surface area contributed by atoms with Crippen LogP contribution in [0.2, 0.25) is 0 Å². The predicted octanol–water partition coefficient (Wildman–Crippen LogP) is 2.30. The first-order valence-corrected chi connectivity index (χ1v) is 9.23. The van der Waals surface area contributed by atoms with Crippen LogP contribution in [-0.2, 0) is 13.0 Å². The summed E-state index contributed by atoms with van der Waals surface area (Å²) in [5.41, 5.74) is 2.24. The zero-order chi connectivity index (χ0) is 19.1. The Morgan fingerprint density at radius 3 is 2.89 bits per heavy atom. The van der Waals surface area contributed by atoms with Gasteiger partial charge in [-0.05, 0) is 31.0 Å². The number of carbonyl (C=O) groups excluding carboxylic acids is 1. The van der Waals surface area contributed by atoms with Crippen LogP contribution in [0.25, 0.3) is 11.0 Å². The number of hydrogen-bond donors (Lipinski definition) is 1. The Kier molecular flexibility index (Phi) is 3.89. The van der Waals surface area contributed by atoms with Crippen molar-refractivity contribution in [2.75, 3.05) is 6.54 Å². The van der Waals surface area contributed by atoms with Gasteiger partial charge in [0.25, 0.3) is 5.91 Å². The number of nitrogens with one attached hydrogen (secondary N) is 1. The molecule has 1 atom stereocenters. The lowest BCUT2D eigenvalue weighted by molar-refractivity contribution is 0.0666. The minimum atomic E-state index is -0.110. The van der Waals surface area contributed by atoms with E-state index in [0.29, 0.717) is 24.4 Å². The van der Waals surface area contributed by atoms with E-state index in [4.69, 9.17) is 0 Å². The Labute approximate surface area is 161 Å². The summed E-state index contributed by atoms with van der Waals surface area (Å²) >= 11 is 0. The molecule has 1 aliphatic heterocycles. The highest BCUT2D eigenvalue weighted by atomic mass is 16.2. The molecule has 140 valence electrons. The summed E-state index contributed by atoms with van der Waals surface area (Å²) in [6.45, 7) is 2.97.